The molecule has 1 heterocycles. The summed E-state index contributed by atoms with van der Waals surface area (Å²) in [6.45, 7) is 5.39. The zero-order valence-electron chi connectivity index (χ0n) is 19.1. The van der Waals surface area contributed by atoms with Crippen molar-refractivity contribution in [2.45, 2.75) is 19.9 Å². The summed E-state index contributed by atoms with van der Waals surface area (Å²) in [5, 5.41) is 4.25. The van der Waals surface area contributed by atoms with Crippen molar-refractivity contribution in [3.63, 3.8) is 0 Å². The highest BCUT2D eigenvalue weighted by Gasteiger charge is 2.23. The largest absolute Gasteiger partial charge is 0.466 e. The number of carbonyl (C=O) groups is 2. The summed E-state index contributed by atoms with van der Waals surface area (Å²) in [5.74, 6) is -0.0531. The zero-order chi connectivity index (χ0) is 25.0. The summed E-state index contributed by atoms with van der Waals surface area (Å²) in [4.78, 5) is 35.0. The molecule has 1 N–H and O–H groups in total. The van der Waals surface area contributed by atoms with Crippen molar-refractivity contribution in [2.75, 3.05) is 6.61 Å². The van der Waals surface area contributed by atoms with Crippen LogP contribution in [0.1, 0.15) is 18.9 Å². The number of nitrogens with one attached hydrogen (secondary N) is 1. The fourth-order valence-corrected chi connectivity index (χ4v) is 3.07. The topological polar surface area (TPSA) is 105 Å². The van der Waals surface area contributed by atoms with Crippen LogP contribution in [0.25, 0.3) is 0 Å². The third-order valence-electron chi connectivity index (χ3n) is 4.52. The average Bonchev–Trinajstić information content (AvgIpc) is 2.85. The Morgan fingerprint density at radius 3 is 2.46 bits per heavy atom. The van der Waals surface area contributed by atoms with Crippen molar-refractivity contribution in [1.82, 2.24) is 15.3 Å². The Morgan fingerprint density at radius 2 is 1.83 bits per heavy atom. The third kappa shape index (κ3) is 7.94. The van der Waals surface area contributed by atoms with E-state index in [1.807, 2.05) is 6.07 Å². The average molecular weight is 494 g/mol. The standard InChI is InChI=1S/C25H24ClN5O4/c1-3-34-24(33)16-23(32)31(17-18-7-9-19(26)10-8-18)25(30-27-2)29-20-11-13-21(14-12-20)35-22-6-4-5-15-28-22/h4-15H,2-3,16-17H2,1H3,(H,29,30). The number of hydrogen-bond acceptors (Lipinski definition) is 7. The molecule has 9 nitrogen and oxygen atoms in total. The van der Waals surface area contributed by atoms with Gasteiger partial charge in [0.2, 0.25) is 17.7 Å². The number of hydrogen-bond donors (Lipinski definition) is 1. The summed E-state index contributed by atoms with van der Waals surface area (Å²) in [5.41, 5.74) is 3.93. The Balaban J connectivity index is 1.87. The second-order valence-corrected chi connectivity index (χ2v) is 7.49. The number of halogens is 1. The van der Waals surface area contributed by atoms with E-state index in [-0.39, 0.29) is 19.1 Å². The van der Waals surface area contributed by atoms with Gasteiger partial charge in [0.15, 0.2) is 0 Å². The van der Waals surface area contributed by atoms with E-state index >= 15 is 0 Å². The molecule has 3 rings (SSSR count). The van der Waals surface area contributed by atoms with E-state index in [2.05, 4.69) is 27.2 Å². The van der Waals surface area contributed by atoms with Crippen molar-refractivity contribution < 1.29 is 19.1 Å². The molecule has 180 valence electrons. The van der Waals surface area contributed by atoms with Gasteiger partial charge in [0.05, 0.1) is 18.8 Å². The van der Waals surface area contributed by atoms with Crippen LogP contribution in [0.2, 0.25) is 5.02 Å². The number of benzene rings is 2. The summed E-state index contributed by atoms with van der Waals surface area (Å²) >= 11 is 5.98. The minimum absolute atomic E-state index is 0.0858. The van der Waals surface area contributed by atoms with E-state index in [0.29, 0.717) is 22.3 Å². The molecular weight excluding hydrogens is 470 g/mol. The van der Waals surface area contributed by atoms with E-state index in [0.717, 1.165) is 5.56 Å². The number of esters is 1. The number of aliphatic imine (C=N–C) groups is 1. The lowest BCUT2D eigenvalue weighted by Gasteiger charge is -2.23. The van der Waals surface area contributed by atoms with Crippen molar-refractivity contribution in [2.24, 2.45) is 10.1 Å². The molecule has 0 spiro atoms. The predicted molar refractivity (Wildman–Crippen MR) is 134 cm³/mol. The Hall–Kier alpha value is -4.24. The van der Waals surface area contributed by atoms with Crippen LogP contribution in [0.4, 0.5) is 5.69 Å². The quantitative estimate of drug-likeness (QED) is 0.152. The molecule has 35 heavy (non-hydrogen) atoms. The summed E-state index contributed by atoms with van der Waals surface area (Å²) < 4.78 is 10.6. The molecule has 0 atom stereocenters. The van der Waals surface area contributed by atoms with Crippen LogP contribution in [0.3, 0.4) is 0 Å². The number of nitrogens with zero attached hydrogens (tertiary/aromatic N) is 4. The number of amides is 1. The number of guanidine groups is 1. The SMILES string of the molecule is C=NNC(=Nc1ccc(Oc2ccccn2)cc1)N(Cc1ccc(Cl)cc1)C(=O)CC(=O)OCC. The van der Waals surface area contributed by atoms with E-state index in [1.54, 1.807) is 73.8 Å². The second kappa shape index (κ2) is 12.9. The van der Waals surface area contributed by atoms with Crippen LogP contribution in [-0.4, -0.2) is 41.0 Å². The predicted octanol–water partition coefficient (Wildman–Crippen LogP) is 4.70. The first-order valence-corrected chi connectivity index (χ1v) is 11.1. The van der Waals surface area contributed by atoms with Gasteiger partial charge in [0.1, 0.15) is 12.2 Å². The van der Waals surface area contributed by atoms with E-state index in [9.17, 15) is 9.59 Å². The fraction of sp³-hybridized carbons (Fsp3) is 0.160. The summed E-state index contributed by atoms with van der Waals surface area (Å²) in [7, 11) is 0. The molecule has 10 heteroatoms. The van der Waals surface area contributed by atoms with Crippen LogP contribution in [0, 0.1) is 0 Å². The van der Waals surface area contributed by atoms with Gasteiger partial charge in [-0.15, -0.1) is 0 Å². The number of carbonyl (C=O) groups excluding carboxylic acids is 2. The molecule has 3 aromatic rings. The molecule has 2 aromatic carbocycles. The van der Waals surface area contributed by atoms with E-state index in [4.69, 9.17) is 21.1 Å². The third-order valence-corrected chi connectivity index (χ3v) is 4.77. The molecule has 0 aliphatic rings. The molecule has 0 bridgehead atoms. The van der Waals surface area contributed by atoms with Gasteiger partial charge < -0.3 is 9.47 Å². The van der Waals surface area contributed by atoms with E-state index in [1.165, 1.54) is 4.90 Å². The minimum Gasteiger partial charge on any atom is -0.466 e. The molecule has 0 radical (unpaired) electrons. The normalized spacial score (nSPS) is 10.9. The first-order valence-electron chi connectivity index (χ1n) is 10.7. The molecule has 0 aliphatic heterocycles. The summed E-state index contributed by atoms with van der Waals surface area (Å²) in [6, 6.07) is 19.2. The van der Waals surface area contributed by atoms with Crippen LogP contribution in [-0.2, 0) is 20.9 Å². The molecule has 1 aromatic heterocycles. The van der Waals surface area contributed by atoms with Gasteiger partial charge in [0.25, 0.3) is 0 Å². The lowest BCUT2D eigenvalue weighted by Crippen LogP contribution is -2.43. The van der Waals surface area contributed by atoms with Crippen LogP contribution < -0.4 is 10.2 Å². The van der Waals surface area contributed by atoms with Crippen molar-refractivity contribution in [3.05, 3.63) is 83.5 Å². The Morgan fingerprint density at radius 1 is 1.09 bits per heavy atom. The number of ether oxygens (including phenoxy) is 2. The minimum atomic E-state index is -0.638. The van der Waals surface area contributed by atoms with Crippen LogP contribution in [0.15, 0.2) is 83.0 Å². The van der Waals surface area contributed by atoms with Crippen molar-refractivity contribution in [1.29, 1.82) is 0 Å². The van der Waals surface area contributed by atoms with Crippen molar-refractivity contribution in [3.8, 4) is 11.6 Å². The maximum Gasteiger partial charge on any atom is 0.315 e. The maximum atomic E-state index is 13.1. The molecule has 0 fully saturated rings. The van der Waals surface area contributed by atoms with Crippen LogP contribution >= 0.6 is 11.6 Å². The first kappa shape index (κ1) is 25.4. The fourth-order valence-electron chi connectivity index (χ4n) is 2.94. The number of rotatable bonds is 9. The Bertz CT molecular complexity index is 1170. The molecule has 0 saturated heterocycles. The monoisotopic (exact) mass is 493 g/mol. The maximum absolute atomic E-state index is 13.1. The van der Waals surface area contributed by atoms with Gasteiger partial charge in [-0.25, -0.2) is 15.4 Å². The zero-order valence-corrected chi connectivity index (χ0v) is 19.8. The highest BCUT2D eigenvalue weighted by Crippen LogP contribution is 2.23. The smallest absolute Gasteiger partial charge is 0.315 e. The van der Waals surface area contributed by atoms with Gasteiger partial charge in [-0.05, 0) is 55.0 Å². The second-order valence-electron chi connectivity index (χ2n) is 7.06. The molecule has 0 unspecified atom stereocenters. The highest BCUT2D eigenvalue weighted by atomic mass is 35.5. The van der Waals surface area contributed by atoms with Crippen molar-refractivity contribution >= 4 is 41.8 Å². The summed E-state index contributed by atoms with van der Waals surface area (Å²) in [6.07, 6.45) is 1.17. The Labute approximate surface area is 208 Å². The lowest BCUT2D eigenvalue weighted by atomic mass is 10.2. The number of aromatic nitrogens is 1. The first-order chi connectivity index (χ1) is 17.0. The molecule has 0 saturated carbocycles. The van der Waals surface area contributed by atoms with Crippen LogP contribution in [0.5, 0.6) is 11.6 Å². The van der Waals surface area contributed by atoms with Gasteiger partial charge in [-0.3, -0.25) is 14.5 Å². The number of hydrazone groups is 1. The van der Waals surface area contributed by atoms with Gasteiger partial charge in [-0.2, -0.15) is 5.10 Å². The van der Waals surface area contributed by atoms with Gasteiger partial charge >= 0.3 is 5.97 Å². The number of pyridine rings is 1. The molecule has 0 aliphatic carbocycles. The lowest BCUT2D eigenvalue weighted by molar-refractivity contribution is -0.147. The Kier molecular flexibility index (Phi) is 9.32. The molecular formula is C25H24ClN5O4. The van der Waals surface area contributed by atoms with E-state index < -0.39 is 18.3 Å². The highest BCUT2D eigenvalue weighted by molar-refractivity contribution is 6.30. The van der Waals surface area contributed by atoms with Gasteiger partial charge in [0, 0.05) is 24.0 Å². The molecule has 1 amide bonds. The van der Waals surface area contributed by atoms with Gasteiger partial charge in [-0.1, -0.05) is 29.8 Å².